The largest absolute Gasteiger partial charge is 0.475 e. The Balaban J connectivity index is 2.02. The first-order valence-electron chi connectivity index (χ1n) is 5.42. The third-order valence-corrected chi connectivity index (χ3v) is 2.95. The summed E-state index contributed by atoms with van der Waals surface area (Å²) in [4.78, 5) is 8.28. The molecular formula is C11H15ClN2O2. The topological polar surface area (TPSA) is 44.2 Å². The van der Waals surface area contributed by atoms with Crippen molar-refractivity contribution in [3.05, 3.63) is 16.5 Å². The van der Waals surface area contributed by atoms with E-state index in [1.54, 1.807) is 6.92 Å². The van der Waals surface area contributed by atoms with Crippen LogP contribution in [0.3, 0.4) is 0 Å². The zero-order chi connectivity index (χ0) is 11.5. The van der Waals surface area contributed by atoms with Crippen LogP contribution in [0, 0.1) is 13.8 Å². The van der Waals surface area contributed by atoms with Crippen molar-refractivity contribution < 1.29 is 9.47 Å². The first-order valence-corrected chi connectivity index (χ1v) is 5.80. The van der Waals surface area contributed by atoms with E-state index in [4.69, 9.17) is 21.1 Å². The van der Waals surface area contributed by atoms with E-state index >= 15 is 0 Å². The van der Waals surface area contributed by atoms with Crippen molar-refractivity contribution in [3.8, 4) is 5.88 Å². The molecule has 0 aliphatic carbocycles. The highest BCUT2D eigenvalue weighted by Gasteiger charge is 2.17. The maximum atomic E-state index is 5.95. The Bertz CT molecular complexity index is 378. The Labute approximate surface area is 99.9 Å². The SMILES string of the molecule is Cc1nc(Cl)c(C)c(OCC2CCCO2)n1. The lowest BCUT2D eigenvalue weighted by molar-refractivity contribution is 0.0659. The standard InChI is InChI=1S/C11H15ClN2O2/c1-7-10(12)13-8(2)14-11(7)16-6-9-4-3-5-15-9/h9H,3-6H2,1-2H3. The minimum absolute atomic E-state index is 0.188. The van der Waals surface area contributed by atoms with Crippen LogP contribution < -0.4 is 4.74 Å². The van der Waals surface area contributed by atoms with Crippen LogP contribution in [0.5, 0.6) is 5.88 Å². The summed E-state index contributed by atoms with van der Waals surface area (Å²) >= 11 is 5.95. The van der Waals surface area contributed by atoms with Gasteiger partial charge in [0.2, 0.25) is 5.88 Å². The van der Waals surface area contributed by atoms with Gasteiger partial charge in [0.1, 0.15) is 17.6 Å². The number of ether oxygens (including phenoxy) is 2. The summed E-state index contributed by atoms with van der Waals surface area (Å²) < 4.78 is 11.1. The van der Waals surface area contributed by atoms with E-state index < -0.39 is 0 Å². The summed E-state index contributed by atoms with van der Waals surface area (Å²) in [7, 11) is 0. The molecule has 1 aromatic rings. The smallest absolute Gasteiger partial charge is 0.221 e. The molecule has 16 heavy (non-hydrogen) atoms. The van der Waals surface area contributed by atoms with Gasteiger partial charge in [0.05, 0.1) is 6.10 Å². The molecule has 0 N–H and O–H groups in total. The predicted molar refractivity (Wildman–Crippen MR) is 61.0 cm³/mol. The number of hydrogen-bond donors (Lipinski definition) is 0. The molecule has 0 spiro atoms. The number of aryl methyl sites for hydroxylation is 1. The Morgan fingerprint density at radius 3 is 2.94 bits per heavy atom. The van der Waals surface area contributed by atoms with E-state index in [1.807, 2.05) is 6.92 Å². The maximum Gasteiger partial charge on any atom is 0.221 e. The third-order valence-electron chi connectivity index (χ3n) is 2.58. The van der Waals surface area contributed by atoms with Crippen molar-refractivity contribution in [2.75, 3.05) is 13.2 Å². The second-order valence-corrected chi connectivity index (χ2v) is 4.30. The molecule has 0 radical (unpaired) electrons. The number of hydrogen-bond acceptors (Lipinski definition) is 4. The van der Waals surface area contributed by atoms with Crippen molar-refractivity contribution in [2.24, 2.45) is 0 Å². The highest BCUT2D eigenvalue weighted by molar-refractivity contribution is 6.30. The summed E-state index contributed by atoms with van der Waals surface area (Å²) in [6, 6.07) is 0. The Kier molecular flexibility index (Phi) is 3.61. The van der Waals surface area contributed by atoms with Gasteiger partial charge in [-0.1, -0.05) is 11.6 Å². The summed E-state index contributed by atoms with van der Waals surface area (Å²) in [5.74, 6) is 1.19. The highest BCUT2D eigenvalue weighted by atomic mass is 35.5. The van der Waals surface area contributed by atoms with Gasteiger partial charge in [-0.3, -0.25) is 0 Å². The maximum absolute atomic E-state index is 5.95. The second kappa shape index (κ2) is 4.97. The lowest BCUT2D eigenvalue weighted by Crippen LogP contribution is -2.17. The lowest BCUT2D eigenvalue weighted by atomic mass is 10.2. The van der Waals surface area contributed by atoms with Crippen molar-refractivity contribution in [3.63, 3.8) is 0 Å². The predicted octanol–water partition coefficient (Wildman–Crippen LogP) is 2.30. The number of halogens is 1. The van der Waals surface area contributed by atoms with Crippen LogP contribution in [0.4, 0.5) is 0 Å². The molecule has 2 rings (SSSR count). The van der Waals surface area contributed by atoms with E-state index in [9.17, 15) is 0 Å². The van der Waals surface area contributed by atoms with E-state index in [0.29, 0.717) is 23.5 Å². The average molecular weight is 243 g/mol. The van der Waals surface area contributed by atoms with Gasteiger partial charge in [-0.15, -0.1) is 0 Å². The van der Waals surface area contributed by atoms with E-state index in [2.05, 4.69) is 9.97 Å². The van der Waals surface area contributed by atoms with Gasteiger partial charge in [-0.05, 0) is 26.7 Å². The van der Waals surface area contributed by atoms with Crippen LogP contribution in [0.25, 0.3) is 0 Å². The average Bonchev–Trinajstić information content (AvgIpc) is 2.74. The van der Waals surface area contributed by atoms with Gasteiger partial charge in [-0.2, -0.15) is 4.98 Å². The molecular weight excluding hydrogens is 228 g/mol. The zero-order valence-corrected chi connectivity index (χ0v) is 10.3. The van der Waals surface area contributed by atoms with Crippen molar-refractivity contribution >= 4 is 11.6 Å². The van der Waals surface area contributed by atoms with Crippen LogP contribution in [0.1, 0.15) is 24.2 Å². The van der Waals surface area contributed by atoms with Crippen LogP contribution in [0.15, 0.2) is 0 Å². The van der Waals surface area contributed by atoms with Crippen LogP contribution in [-0.4, -0.2) is 29.3 Å². The Morgan fingerprint density at radius 1 is 1.44 bits per heavy atom. The Hall–Kier alpha value is -0.870. The summed E-state index contributed by atoms with van der Waals surface area (Å²) in [6.45, 7) is 5.01. The first-order chi connectivity index (χ1) is 7.66. The molecule has 1 aliphatic heterocycles. The van der Waals surface area contributed by atoms with Gasteiger partial charge in [0, 0.05) is 12.2 Å². The summed E-state index contributed by atoms with van der Waals surface area (Å²) in [5, 5.41) is 0.454. The molecule has 2 heterocycles. The van der Waals surface area contributed by atoms with E-state index in [-0.39, 0.29) is 6.10 Å². The van der Waals surface area contributed by atoms with Gasteiger partial charge >= 0.3 is 0 Å². The van der Waals surface area contributed by atoms with Gasteiger partial charge in [0.25, 0.3) is 0 Å². The van der Waals surface area contributed by atoms with Crippen LogP contribution in [-0.2, 0) is 4.74 Å². The fourth-order valence-corrected chi connectivity index (χ4v) is 1.86. The van der Waals surface area contributed by atoms with Crippen LogP contribution in [0.2, 0.25) is 5.15 Å². The zero-order valence-electron chi connectivity index (χ0n) is 9.49. The van der Waals surface area contributed by atoms with Crippen molar-refractivity contribution in [1.29, 1.82) is 0 Å². The van der Waals surface area contributed by atoms with Gasteiger partial charge in [0.15, 0.2) is 0 Å². The van der Waals surface area contributed by atoms with E-state index in [1.165, 1.54) is 0 Å². The molecule has 1 saturated heterocycles. The second-order valence-electron chi connectivity index (χ2n) is 3.94. The summed E-state index contributed by atoms with van der Waals surface area (Å²) in [5.41, 5.74) is 0.783. The molecule has 0 amide bonds. The third kappa shape index (κ3) is 2.62. The normalized spacial score (nSPS) is 20.1. The molecule has 0 bridgehead atoms. The van der Waals surface area contributed by atoms with Crippen molar-refractivity contribution in [1.82, 2.24) is 9.97 Å². The first kappa shape index (κ1) is 11.6. The number of nitrogens with zero attached hydrogens (tertiary/aromatic N) is 2. The molecule has 1 fully saturated rings. The Morgan fingerprint density at radius 2 is 2.25 bits per heavy atom. The summed E-state index contributed by atoms with van der Waals surface area (Å²) in [6.07, 6.45) is 2.35. The van der Waals surface area contributed by atoms with E-state index in [0.717, 1.165) is 25.0 Å². The molecule has 88 valence electrons. The minimum Gasteiger partial charge on any atom is -0.475 e. The number of rotatable bonds is 3. The highest BCUT2D eigenvalue weighted by Crippen LogP contribution is 2.22. The molecule has 1 unspecified atom stereocenters. The molecule has 0 saturated carbocycles. The van der Waals surface area contributed by atoms with Crippen LogP contribution >= 0.6 is 11.6 Å². The van der Waals surface area contributed by atoms with Crippen molar-refractivity contribution in [2.45, 2.75) is 32.8 Å². The monoisotopic (exact) mass is 242 g/mol. The minimum atomic E-state index is 0.188. The molecule has 0 aromatic carbocycles. The molecule has 4 nitrogen and oxygen atoms in total. The molecule has 1 atom stereocenters. The van der Waals surface area contributed by atoms with Gasteiger partial charge in [-0.25, -0.2) is 4.98 Å². The molecule has 5 heteroatoms. The van der Waals surface area contributed by atoms with Gasteiger partial charge < -0.3 is 9.47 Å². The lowest BCUT2D eigenvalue weighted by Gasteiger charge is -2.13. The fourth-order valence-electron chi connectivity index (χ4n) is 1.66. The molecule has 1 aromatic heterocycles. The fraction of sp³-hybridized carbons (Fsp3) is 0.636. The molecule has 1 aliphatic rings. The number of aromatic nitrogens is 2. The quantitative estimate of drug-likeness (QED) is 0.763.